The molecule has 1 fully saturated rings. The standard InChI is InChI=1S/C16H28N2O/c1-6-8-12(7-2)18-15(19)13-9-10-14(17)11(3)16(13,4)5/h2,11-14H,6,8-10,17H2,1,3-5H3,(H,18,19). The SMILES string of the molecule is C#CC(CCC)NC(=O)C1CCC(N)C(C)C1(C)C. The van der Waals surface area contributed by atoms with Gasteiger partial charge in [0.25, 0.3) is 0 Å². The van der Waals surface area contributed by atoms with Gasteiger partial charge in [-0.15, -0.1) is 6.42 Å². The molecule has 0 radical (unpaired) electrons. The van der Waals surface area contributed by atoms with Crippen molar-refractivity contribution in [2.45, 2.75) is 65.5 Å². The molecule has 108 valence electrons. The molecule has 1 rings (SSSR count). The summed E-state index contributed by atoms with van der Waals surface area (Å²) in [4.78, 5) is 12.5. The van der Waals surface area contributed by atoms with Crippen LogP contribution in [0.3, 0.4) is 0 Å². The Morgan fingerprint density at radius 2 is 2.16 bits per heavy atom. The van der Waals surface area contributed by atoms with Crippen molar-refractivity contribution in [2.24, 2.45) is 23.0 Å². The molecule has 4 unspecified atom stereocenters. The monoisotopic (exact) mass is 264 g/mol. The second-order valence-electron chi connectivity index (χ2n) is 6.42. The molecule has 1 aliphatic carbocycles. The fourth-order valence-corrected chi connectivity index (χ4v) is 3.08. The highest BCUT2D eigenvalue weighted by Gasteiger charge is 2.45. The van der Waals surface area contributed by atoms with Crippen LogP contribution in [0.5, 0.6) is 0 Å². The van der Waals surface area contributed by atoms with Gasteiger partial charge in [0.1, 0.15) is 0 Å². The van der Waals surface area contributed by atoms with Crippen LogP contribution < -0.4 is 11.1 Å². The third kappa shape index (κ3) is 3.51. The molecule has 3 nitrogen and oxygen atoms in total. The first-order valence-electron chi connectivity index (χ1n) is 7.36. The lowest BCUT2D eigenvalue weighted by molar-refractivity contribution is -0.132. The third-order valence-corrected chi connectivity index (χ3v) is 4.91. The van der Waals surface area contributed by atoms with Crippen LogP contribution in [-0.4, -0.2) is 18.0 Å². The van der Waals surface area contributed by atoms with Crippen LogP contribution in [0.4, 0.5) is 0 Å². The van der Waals surface area contributed by atoms with Crippen LogP contribution in [0, 0.1) is 29.6 Å². The molecule has 0 heterocycles. The number of carbonyl (C=O) groups is 1. The molecular weight excluding hydrogens is 236 g/mol. The van der Waals surface area contributed by atoms with E-state index in [-0.39, 0.29) is 29.3 Å². The van der Waals surface area contributed by atoms with Gasteiger partial charge in [0.05, 0.1) is 6.04 Å². The second-order valence-corrected chi connectivity index (χ2v) is 6.42. The Kier molecular flexibility index (Phi) is 5.43. The highest BCUT2D eigenvalue weighted by atomic mass is 16.2. The van der Waals surface area contributed by atoms with Crippen molar-refractivity contribution < 1.29 is 4.79 Å². The van der Waals surface area contributed by atoms with Gasteiger partial charge in [0.2, 0.25) is 5.91 Å². The Morgan fingerprint density at radius 1 is 1.53 bits per heavy atom. The molecular formula is C16H28N2O. The minimum Gasteiger partial charge on any atom is -0.342 e. The number of carbonyl (C=O) groups excluding carboxylic acids is 1. The number of hydrogen-bond acceptors (Lipinski definition) is 2. The van der Waals surface area contributed by atoms with Crippen LogP contribution in [0.1, 0.15) is 53.4 Å². The Labute approximate surface area is 117 Å². The number of hydrogen-bond donors (Lipinski definition) is 2. The molecule has 0 aromatic carbocycles. The van der Waals surface area contributed by atoms with Crippen molar-refractivity contribution in [1.29, 1.82) is 0 Å². The number of nitrogens with one attached hydrogen (secondary N) is 1. The summed E-state index contributed by atoms with van der Waals surface area (Å²) >= 11 is 0. The summed E-state index contributed by atoms with van der Waals surface area (Å²) in [5.74, 6) is 3.11. The van der Waals surface area contributed by atoms with Crippen LogP contribution in [-0.2, 0) is 4.79 Å². The van der Waals surface area contributed by atoms with Crippen LogP contribution in [0.15, 0.2) is 0 Å². The normalized spacial score (nSPS) is 31.3. The first kappa shape index (κ1) is 16.0. The van der Waals surface area contributed by atoms with Gasteiger partial charge in [-0.1, -0.05) is 40.0 Å². The largest absolute Gasteiger partial charge is 0.342 e. The average molecular weight is 264 g/mol. The fourth-order valence-electron chi connectivity index (χ4n) is 3.08. The maximum absolute atomic E-state index is 12.5. The molecule has 0 spiro atoms. The Balaban J connectivity index is 2.74. The molecule has 0 saturated heterocycles. The van der Waals surface area contributed by atoms with Gasteiger partial charge in [0, 0.05) is 12.0 Å². The smallest absolute Gasteiger partial charge is 0.224 e. The molecule has 3 N–H and O–H groups in total. The zero-order chi connectivity index (χ0) is 14.6. The highest BCUT2D eigenvalue weighted by Crippen LogP contribution is 2.44. The van der Waals surface area contributed by atoms with Crippen molar-refractivity contribution in [3.8, 4) is 12.3 Å². The zero-order valence-corrected chi connectivity index (χ0v) is 12.7. The summed E-state index contributed by atoms with van der Waals surface area (Å²) in [5.41, 5.74) is 6.05. The number of rotatable bonds is 4. The predicted molar refractivity (Wildman–Crippen MR) is 79.3 cm³/mol. The fraction of sp³-hybridized carbons (Fsp3) is 0.812. The number of nitrogens with two attached hydrogens (primary N) is 1. The average Bonchev–Trinajstić information content (AvgIpc) is 2.35. The van der Waals surface area contributed by atoms with E-state index in [1.807, 2.05) is 0 Å². The summed E-state index contributed by atoms with van der Waals surface area (Å²) in [6, 6.07) is 0.0531. The topological polar surface area (TPSA) is 55.1 Å². The van der Waals surface area contributed by atoms with Crippen molar-refractivity contribution in [3.05, 3.63) is 0 Å². The summed E-state index contributed by atoms with van der Waals surface area (Å²) in [7, 11) is 0. The van der Waals surface area contributed by atoms with E-state index in [1.165, 1.54) is 0 Å². The van der Waals surface area contributed by atoms with Gasteiger partial charge in [-0.2, -0.15) is 0 Å². The van der Waals surface area contributed by atoms with Crippen molar-refractivity contribution in [1.82, 2.24) is 5.32 Å². The Bertz CT molecular complexity index is 356. The quantitative estimate of drug-likeness (QED) is 0.766. The zero-order valence-electron chi connectivity index (χ0n) is 12.7. The molecule has 3 heteroatoms. The maximum atomic E-state index is 12.5. The predicted octanol–water partition coefficient (Wildman–Crippen LogP) is 2.30. The first-order chi connectivity index (χ1) is 8.84. The van der Waals surface area contributed by atoms with E-state index in [1.54, 1.807) is 0 Å². The second kappa shape index (κ2) is 6.43. The van der Waals surface area contributed by atoms with Crippen molar-refractivity contribution >= 4 is 5.91 Å². The summed E-state index contributed by atoms with van der Waals surface area (Å²) in [5, 5.41) is 3.01. The van der Waals surface area contributed by atoms with E-state index in [9.17, 15) is 4.79 Å². The molecule has 1 saturated carbocycles. The lowest BCUT2D eigenvalue weighted by Crippen LogP contribution is -2.52. The van der Waals surface area contributed by atoms with Crippen molar-refractivity contribution in [2.75, 3.05) is 0 Å². The van der Waals surface area contributed by atoms with E-state index in [0.29, 0.717) is 5.92 Å². The minimum atomic E-state index is -0.140. The van der Waals surface area contributed by atoms with E-state index in [0.717, 1.165) is 25.7 Å². The van der Waals surface area contributed by atoms with Gasteiger partial charge in [-0.25, -0.2) is 0 Å². The molecule has 1 amide bonds. The summed E-state index contributed by atoms with van der Waals surface area (Å²) in [6.45, 7) is 8.51. The van der Waals surface area contributed by atoms with Crippen LogP contribution in [0.2, 0.25) is 0 Å². The van der Waals surface area contributed by atoms with Gasteiger partial charge < -0.3 is 11.1 Å². The number of terminal acetylenes is 1. The van der Waals surface area contributed by atoms with E-state index < -0.39 is 0 Å². The summed E-state index contributed by atoms with van der Waals surface area (Å²) in [6.07, 6.45) is 9.05. The first-order valence-corrected chi connectivity index (χ1v) is 7.36. The van der Waals surface area contributed by atoms with Gasteiger partial charge in [0.15, 0.2) is 0 Å². The lowest BCUT2D eigenvalue weighted by Gasteiger charge is -2.46. The molecule has 0 aliphatic heterocycles. The molecule has 0 aromatic heterocycles. The van der Waals surface area contributed by atoms with E-state index >= 15 is 0 Å². The van der Waals surface area contributed by atoms with E-state index in [2.05, 4.69) is 38.9 Å². The van der Waals surface area contributed by atoms with Crippen molar-refractivity contribution in [3.63, 3.8) is 0 Å². The lowest BCUT2D eigenvalue weighted by atomic mass is 9.61. The van der Waals surface area contributed by atoms with Gasteiger partial charge >= 0.3 is 0 Å². The van der Waals surface area contributed by atoms with E-state index in [4.69, 9.17) is 12.2 Å². The third-order valence-electron chi connectivity index (χ3n) is 4.91. The molecule has 4 atom stereocenters. The van der Waals surface area contributed by atoms with Crippen LogP contribution >= 0.6 is 0 Å². The molecule has 1 aliphatic rings. The maximum Gasteiger partial charge on any atom is 0.224 e. The van der Waals surface area contributed by atoms with Crippen LogP contribution in [0.25, 0.3) is 0 Å². The Morgan fingerprint density at radius 3 is 2.68 bits per heavy atom. The summed E-state index contributed by atoms with van der Waals surface area (Å²) < 4.78 is 0. The number of amides is 1. The van der Waals surface area contributed by atoms with Gasteiger partial charge in [-0.3, -0.25) is 4.79 Å². The Hall–Kier alpha value is -1.01. The minimum absolute atomic E-state index is 0.00926. The molecule has 0 bridgehead atoms. The van der Waals surface area contributed by atoms with Gasteiger partial charge in [-0.05, 0) is 30.6 Å². The molecule has 0 aromatic rings. The highest BCUT2D eigenvalue weighted by molar-refractivity contribution is 5.80. The molecule has 19 heavy (non-hydrogen) atoms.